The van der Waals surface area contributed by atoms with Gasteiger partial charge in [-0.25, -0.2) is 14.4 Å². The number of carbonyl (C=O) groups is 1. The molecule has 1 atom stereocenters. The number of benzene rings is 2. The molecule has 0 aliphatic carbocycles. The van der Waals surface area contributed by atoms with Crippen molar-refractivity contribution in [3.63, 3.8) is 0 Å². The van der Waals surface area contributed by atoms with Crippen LogP contribution in [0.25, 0.3) is 11.1 Å². The molecule has 7 heteroatoms. The molecule has 1 saturated heterocycles. The number of carbonyl (C=O) groups excluding carboxylic acids is 1. The second-order valence-corrected chi connectivity index (χ2v) is 8.47. The van der Waals surface area contributed by atoms with Gasteiger partial charge >= 0.3 is 0 Å². The molecule has 0 spiro atoms. The molecule has 1 fully saturated rings. The number of rotatable bonds is 8. The van der Waals surface area contributed by atoms with Crippen molar-refractivity contribution in [3.05, 3.63) is 72.8 Å². The lowest BCUT2D eigenvalue weighted by Crippen LogP contribution is -2.44. The number of piperidine rings is 1. The van der Waals surface area contributed by atoms with Gasteiger partial charge in [-0.05, 0) is 49.1 Å². The summed E-state index contributed by atoms with van der Waals surface area (Å²) in [6.45, 7) is 3.00. The molecule has 1 aliphatic rings. The average molecular weight is 448 g/mol. The van der Waals surface area contributed by atoms with Gasteiger partial charge in [-0.15, -0.1) is 0 Å². The first-order valence-electron chi connectivity index (χ1n) is 11.5. The molecule has 6 nitrogen and oxygen atoms in total. The van der Waals surface area contributed by atoms with Gasteiger partial charge in [0, 0.05) is 56.9 Å². The topological polar surface area (TPSA) is 61.4 Å². The molecule has 0 saturated carbocycles. The van der Waals surface area contributed by atoms with Gasteiger partial charge in [0.05, 0.1) is 5.92 Å². The maximum absolute atomic E-state index is 13.1. The molecule has 1 N–H and O–H groups in total. The quantitative estimate of drug-likeness (QED) is 0.526. The standard InChI is InChI=1S/C26H30FN5O/c1-31(24-8-3-2-4-9-24)15-6-14-28-25(33)21-7-5-16-32(19-21)26-29-17-22(18-30-26)20-10-12-23(27)13-11-20/h2-4,8-13,17-18,21H,5-7,14-16,19H2,1H3,(H,28,33). The van der Waals surface area contributed by atoms with E-state index in [9.17, 15) is 9.18 Å². The molecule has 1 aromatic heterocycles. The fraction of sp³-hybridized carbons (Fsp3) is 0.346. The Hall–Kier alpha value is -3.48. The molecule has 172 valence electrons. The zero-order chi connectivity index (χ0) is 23.0. The van der Waals surface area contributed by atoms with Crippen LogP contribution in [0.3, 0.4) is 0 Å². The van der Waals surface area contributed by atoms with Gasteiger partial charge in [-0.1, -0.05) is 30.3 Å². The van der Waals surface area contributed by atoms with Gasteiger partial charge in [0.15, 0.2) is 0 Å². The SMILES string of the molecule is CN(CCCNC(=O)C1CCCN(c2ncc(-c3ccc(F)cc3)cn2)C1)c1ccccc1. The fourth-order valence-corrected chi connectivity index (χ4v) is 4.13. The van der Waals surface area contributed by atoms with E-state index in [2.05, 4.69) is 44.3 Å². The highest BCUT2D eigenvalue weighted by Gasteiger charge is 2.27. The molecule has 4 rings (SSSR count). The van der Waals surface area contributed by atoms with Crippen molar-refractivity contribution >= 4 is 17.5 Å². The molecular weight excluding hydrogens is 417 g/mol. The molecule has 2 heterocycles. The summed E-state index contributed by atoms with van der Waals surface area (Å²) in [6.07, 6.45) is 6.20. The Morgan fingerprint density at radius 3 is 2.55 bits per heavy atom. The lowest BCUT2D eigenvalue weighted by molar-refractivity contribution is -0.125. The largest absolute Gasteiger partial charge is 0.375 e. The molecule has 1 aliphatic heterocycles. The van der Waals surface area contributed by atoms with E-state index in [0.717, 1.165) is 43.5 Å². The Kier molecular flexibility index (Phi) is 7.50. The van der Waals surface area contributed by atoms with Crippen LogP contribution in [0.5, 0.6) is 0 Å². The van der Waals surface area contributed by atoms with Gasteiger partial charge in [-0.2, -0.15) is 0 Å². The van der Waals surface area contributed by atoms with Crippen molar-refractivity contribution in [1.82, 2.24) is 15.3 Å². The van der Waals surface area contributed by atoms with E-state index in [4.69, 9.17) is 0 Å². The first-order chi connectivity index (χ1) is 16.1. The van der Waals surface area contributed by atoms with E-state index in [1.54, 1.807) is 24.5 Å². The van der Waals surface area contributed by atoms with Crippen LogP contribution in [0.4, 0.5) is 16.0 Å². The van der Waals surface area contributed by atoms with Crippen molar-refractivity contribution in [1.29, 1.82) is 0 Å². The number of aromatic nitrogens is 2. The predicted molar refractivity (Wildman–Crippen MR) is 130 cm³/mol. The summed E-state index contributed by atoms with van der Waals surface area (Å²) in [5.41, 5.74) is 2.89. The number of amides is 1. The minimum absolute atomic E-state index is 0.0639. The van der Waals surface area contributed by atoms with E-state index in [0.29, 0.717) is 19.0 Å². The van der Waals surface area contributed by atoms with Crippen LogP contribution < -0.4 is 15.1 Å². The molecule has 2 aromatic carbocycles. The van der Waals surface area contributed by atoms with E-state index in [-0.39, 0.29) is 17.6 Å². The average Bonchev–Trinajstić information content (AvgIpc) is 2.87. The highest BCUT2D eigenvalue weighted by Crippen LogP contribution is 2.23. The number of hydrogen-bond acceptors (Lipinski definition) is 5. The van der Waals surface area contributed by atoms with E-state index in [1.165, 1.54) is 17.8 Å². The van der Waals surface area contributed by atoms with Gasteiger partial charge in [-0.3, -0.25) is 4.79 Å². The third kappa shape index (κ3) is 6.06. The van der Waals surface area contributed by atoms with Crippen molar-refractivity contribution in [2.75, 3.05) is 43.0 Å². The highest BCUT2D eigenvalue weighted by molar-refractivity contribution is 5.79. The van der Waals surface area contributed by atoms with Crippen LogP contribution in [-0.4, -0.2) is 49.1 Å². The number of nitrogens with zero attached hydrogens (tertiary/aromatic N) is 4. The summed E-state index contributed by atoms with van der Waals surface area (Å²) in [4.78, 5) is 26.0. The number of nitrogens with one attached hydrogen (secondary N) is 1. The van der Waals surface area contributed by atoms with Crippen LogP contribution >= 0.6 is 0 Å². The van der Waals surface area contributed by atoms with Gasteiger partial charge in [0.25, 0.3) is 0 Å². The maximum atomic E-state index is 13.1. The number of para-hydroxylation sites is 1. The second-order valence-electron chi connectivity index (χ2n) is 8.47. The van der Waals surface area contributed by atoms with E-state index < -0.39 is 0 Å². The molecule has 1 unspecified atom stereocenters. The molecule has 0 radical (unpaired) electrons. The minimum atomic E-state index is -0.267. The van der Waals surface area contributed by atoms with Gasteiger partial charge in [0.1, 0.15) is 5.82 Å². The van der Waals surface area contributed by atoms with Crippen LogP contribution in [0, 0.1) is 11.7 Å². The molecular formula is C26H30FN5O. The third-order valence-corrected chi connectivity index (χ3v) is 6.06. The molecule has 0 bridgehead atoms. The first-order valence-corrected chi connectivity index (χ1v) is 11.5. The monoisotopic (exact) mass is 447 g/mol. The van der Waals surface area contributed by atoms with Crippen LogP contribution in [-0.2, 0) is 4.79 Å². The van der Waals surface area contributed by atoms with Crippen molar-refractivity contribution in [2.24, 2.45) is 5.92 Å². The highest BCUT2D eigenvalue weighted by atomic mass is 19.1. The number of hydrogen-bond donors (Lipinski definition) is 1. The van der Waals surface area contributed by atoms with Crippen molar-refractivity contribution in [2.45, 2.75) is 19.3 Å². The normalized spacial score (nSPS) is 15.8. The Bertz CT molecular complexity index is 1030. The van der Waals surface area contributed by atoms with Gasteiger partial charge in [0.2, 0.25) is 11.9 Å². The minimum Gasteiger partial charge on any atom is -0.375 e. The Morgan fingerprint density at radius 1 is 1.09 bits per heavy atom. The number of anilines is 2. The molecule has 33 heavy (non-hydrogen) atoms. The Balaban J connectivity index is 1.25. The zero-order valence-electron chi connectivity index (χ0n) is 19.0. The first kappa shape index (κ1) is 22.7. The van der Waals surface area contributed by atoms with Crippen LogP contribution in [0.15, 0.2) is 67.0 Å². The fourth-order valence-electron chi connectivity index (χ4n) is 4.13. The Labute approximate surface area is 194 Å². The van der Waals surface area contributed by atoms with Crippen molar-refractivity contribution < 1.29 is 9.18 Å². The summed E-state index contributed by atoms with van der Waals surface area (Å²) in [6, 6.07) is 16.5. The lowest BCUT2D eigenvalue weighted by Gasteiger charge is -2.32. The van der Waals surface area contributed by atoms with Crippen molar-refractivity contribution in [3.8, 4) is 11.1 Å². The van der Waals surface area contributed by atoms with E-state index in [1.807, 2.05) is 18.2 Å². The lowest BCUT2D eigenvalue weighted by atomic mass is 9.97. The van der Waals surface area contributed by atoms with E-state index >= 15 is 0 Å². The second kappa shape index (κ2) is 10.9. The molecule has 1 amide bonds. The maximum Gasteiger partial charge on any atom is 0.225 e. The summed E-state index contributed by atoms with van der Waals surface area (Å²) < 4.78 is 13.1. The number of halogens is 1. The van der Waals surface area contributed by atoms with Crippen LogP contribution in [0.2, 0.25) is 0 Å². The summed E-state index contributed by atoms with van der Waals surface area (Å²) in [5.74, 6) is 0.399. The third-order valence-electron chi connectivity index (χ3n) is 6.06. The predicted octanol–water partition coefficient (Wildman–Crippen LogP) is 4.14. The zero-order valence-corrected chi connectivity index (χ0v) is 19.0. The summed E-state index contributed by atoms with van der Waals surface area (Å²) in [7, 11) is 2.07. The van der Waals surface area contributed by atoms with Crippen LogP contribution in [0.1, 0.15) is 19.3 Å². The van der Waals surface area contributed by atoms with Gasteiger partial charge < -0.3 is 15.1 Å². The smallest absolute Gasteiger partial charge is 0.225 e. The summed E-state index contributed by atoms with van der Waals surface area (Å²) in [5, 5.41) is 3.10. The summed E-state index contributed by atoms with van der Waals surface area (Å²) >= 11 is 0. The molecule has 3 aromatic rings. The Morgan fingerprint density at radius 2 is 1.82 bits per heavy atom.